The molecule has 0 saturated carbocycles. The third-order valence-corrected chi connectivity index (χ3v) is 1.88. The summed E-state index contributed by atoms with van der Waals surface area (Å²) >= 11 is 0. The van der Waals surface area contributed by atoms with Crippen LogP contribution < -0.4 is 0 Å². The van der Waals surface area contributed by atoms with Gasteiger partial charge in [-0.15, -0.1) is 5.73 Å². The van der Waals surface area contributed by atoms with Crippen LogP contribution in [-0.2, 0) is 9.53 Å². The minimum Gasteiger partial charge on any atom is -0.465 e. The van der Waals surface area contributed by atoms with Gasteiger partial charge in [-0.25, -0.2) is 4.79 Å². The maximum Gasteiger partial charge on any atom is 0.342 e. The molecule has 0 amide bonds. The van der Waals surface area contributed by atoms with E-state index in [0.29, 0.717) is 5.57 Å². The van der Waals surface area contributed by atoms with Crippen LogP contribution in [0.3, 0.4) is 0 Å². The molecule has 0 bridgehead atoms. The largest absolute Gasteiger partial charge is 0.465 e. The van der Waals surface area contributed by atoms with Crippen molar-refractivity contribution in [3.63, 3.8) is 0 Å². The molecule has 0 aliphatic carbocycles. The predicted molar refractivity (Wildman–Crippen MR) is 62.5 cm³/mol. The first kappa shape index (κ1) is 13.7. The summed E-state index contributed by atoms with van der Waals surface area (Å²) in [5.41, 5.74) is 4.32. The lowest BCUT2D eigenvalue weighted by Gasteiger charge is -2.18. The molecule has 0 aromatic rings. The zero-order valence-corrected chi connectivity index (χ0v) is 10.5. The number of hydrogen-bond acceptors (Lipinski definition) is 2. The van der Waals surface area contributed by atoms with Crippen LogP contribution in [-0.4, -0.2) is 13.1 Å². The molecule has 0 spiro atoms. The molecule has 0 aliphatic heterocycles. The Morgan fingerprint density at radius 3 is 2.20 bits per heavy atom. The molecule has 0 fully saturated rings. The third kappa shape index (κ3) is 4.66. The summed E-state index contributed by atoms with van der Waals surface area (Å²) in [7, 11) is 1.39. The van der Waals surface area contributed by atoms with E-state index in [1.165, 1.54) is 7.11 Å². The smallest absolute Gasteiger partial charge is 0.342 e. The molecule has 15 heavy (non-hydrogen) atoms. The van der Waals surface area contributed by atoms with Gasteiger partial charge in [0.2, 0.25) is 0 Å². The lowest BCUT2D eigenvalue weighted by atomic mass is 9.86. The maximum atomic E-state index is 11.5. The van der Waals surface area contributed by atoms with Crippen molar-refractivity contribution in [2.24, 2.45) is 5.41 Å². The molecule has 0 aliphatic rings. The van der Waals surface area contributed by atoms with Crippen LogP contribution in [0.2, 0.25) is 0 Å². The summed E-state index contributed by atoms with van der Waals surface area (Å²) in [4.78, 5) is 11.5. The van der Waals surface area contributed by atoms with Gasteiger partial charge in [-0.1, -0.05) is 32.9 Å². The molecule has 0 aromatic carbocycles. The summed E-state index contributed by atoms with van der Waals surface area (Å²) in [5, 5.41) is 0. The highest BCUT2D eigenvalue weighted by Gasteiger charge is 2.24. The van der Waals surface area contributed by atoms with E-state index >= 15 is 0 Å². The Balaban J connectivity index is 5.49. The number of rotatable bonds is 2. The summed E-state index contributed by atoms with van der Waals surface area (Å²) in [6, 6.07) is 0. The van der Waals surface area contributed by atoms with Crippen molar-refractivity contribution in [2.45, 2.75) is 34.6 Å². The van der Waals surface area contributed by atoms with Crippen molar-refractivity contribution >= 4 is 5.97 Å². The summed E-state index contributed by atoms with van der Waals surface area (Å²) in [6.07, 6.45) is 3.83. The Bertz CT molecular complexity index is 321. The molecule has 0 heterocycles. The number of allylic oxidation sites excluding steroid dienone is 2. The second-order valence-electron chi connectivity index (χ2n) is 4.42. The van der Waals surface area contributed by atoms with Gasteiger partial charge in [0, 0.05) is 5.41 Å². The van der Waals surface area contributed by atoms with E-state index in [4.69, 9.17) is 4.74 Å². The normalized spacial score (nSPS) is 11.1. The van der Waals surface area contributed by atoms with E-state index < -0.39 is 0 Å². The molecule has 0 radical (unpaired) electrons. The Kier molecular flexibility index (Phi) is 5.10. The SMILES string of the molecule is C/C=C/C(C)=C=C(C(=O)OC)C(C)(C)C. The molecule has 0 saturated heterocycles. The zero-order valence-electron chi connectivity index (χ0n) is 10.5. The average Bonchev–Trinajstić information content (AvgIpc) is 2.12. The molecule has 84 valence electrons. The number of ether oxygens (including phenoxy) is 1. The van der Waals surface area contributed by atoms with E-state index in [1.807, 2.05) is 46.8 Å². The first-order valence-electron chi connectivity index (χ1n) is 5.02. The molecular formula is C13H20O2. The fraction of sp³-hybridized carbons (Fsp3) is 0.538. The van der Waals surface area contributed by atoms with Crippen LogP contribution in [0, 0.1) is 5.41 Å². The van der Waals surface area contributed by atoms with E-state index in [1.54, 1.807) is 0 Å². The van der Waals surface area contributed by atoms with Gasteiger partial charge in [0.1, 0.15) is 0 Å². The summed E-state index contributed by atoms with van der Waals surface area (Å²) in [6.45, 7) is 9.74. The minimum absolute atomic E-state index is 0.254. The predicted octanol–water partition coefficient (Wildman–Crippen LogP) is 3.25. The van der Waals surface area contributed by atoms with Crippen molar-refractivity contribution in [2.75, 3.05) is 7.11 Å². The van der Waals surface area contributed by atoms with Crippen molar-refractivity contribution in [1.29, 1.82) is 0 Å². The lowest BCUT2D eigenvalue weighted by Crippen LogP contribution is -2.18. The highest BCUT2D eigenvalue weighted by molar-refractivity contribution is 5.89. The van der Waals surface area contributed by atoms with Crippen LogP contribution in [0.1, 0.15) is 34.6 Å². The Hall–Kier alpha value is -1.27. The van der Waals surface area contributed by atoms with E-state index in [9.17, 15) is 4.79 Å². The zero-order chi connectivity index (χ0) is 12.1. The molecule has 0 aromatic heterocycles. The Morgan fingerprint density at radius 2 is 1.87 bits per heavy atom. The quantitative estimate of drug-likeness (QED) is 0.301. The highest BCUT2D eigenvalue weighted by atomic mass is 16.5. The number of carbonyl (C=O) groups excluding carboxylic acids is 1. The van der Waals surface area contributed by atoms with Crippen LogP contribution in [0.4, 0.5) is 0 Å². The third-order valence-electron chi connectivity index (χ3n) is 1.88. The highest BCUT2D eigenvalue weighted by Crippen LogP contribution is 2.25. The van der Waals surface area contributed by atoms with E-state index in [0.717, 1.165) is 5.57 Å². The monoisotopic (exact) mass is 208 g/mol. The van der Waals surface area contributed by atoms with Crippen LogP contribution in [0.15, 0.2) is 29.0 Å². The molecule has 2 heteroatoms. The van der Waals surface area contributed by atoms with Crippen LogP contribution >= 0.6 is 0 Å². The lowest BCUT2D eigenvalue weighted by molar-refractivity contribution is -0.137. The molecule has 0 atom stereocenters. The fourth-order valence-electron chi connectivity index (χ4n) is 1.14. The van der Waals surface area contributed by atoms with E-state index in [-0.39, 0.29) is 11.4 Å². The van der Waals surface area contributed by atoms with Gasteiger partial charge in [-0.2, -0.15) is 0 Å². The van der Waals surface area contributed by atoms with Crippen molar-refractivity contribution < 1.29 is 9.53 Å². The van der Waals surface area contributed by atoms with Crippen molar-refractivity contribution in [3.8, 4) is 0 Å². The fourth-order valence-corrected chi connectivity index (χ4v) is 1.14. The second-order valence-corrected chi connectivity index (χ2v) is 4.42. The molecule has 0 rings (SSSR count). The number of carbonyl (C=O) groups is 1. The van der Waals surface area contributed by atoms with Gasteiger partial charge in [-0.05, 0) is 19.4 Å². The van der Waals surface area contributed by atoms with E-state index in [2.05, 4.69) is 5.73 Å². The number of hydrogen-bond donors (Lipinski definition) is 0. The number of esters is 1. The van der Waals surface area contributed by atoms with Gasteiger partial charge < -0.3 is 4.74 Å². The summed E-state index contributed by atoms with van der Waals surface area (Å²) < 4.78 is 4.74. The van der Waals surface area contributed by atoms with Gasteiger partial charge in [0.25, 0.3) is 0 Å². The molecule has 0 unspecified atom stereocenters. The number of methoxy groups -OCH3 is 1. The summed E-state index contributed by atoms with van der Waals surface area (Å²) in [5.74, 6) is -0.314. The van der Waals surface area contributed by atoms with Crippen molar-refractivity contribution in [1.82, 2.24) is 0 Å². The molecule has 2 nitrogen and oxygen atoms in total. The van der Waals surface area contributed by atoms with Crippen LogP contribution in [0.25, 0.3) is 0 Å². The maximum absolute atomic E-state index is 11.5. The first-order chi connectivity index (χ1) is 6.82. The molecule has 0 N–H and O–H groups in total. The Morgan fingerprint density at radius 1 is 1.33 bits per heavy atom. The van der Waals surface area contributed by atoms with Gasteiger partial charge in [-0.3, -0.25) is 0 Å². The first-order valence-corrected chi connectivity index (χ1v) is 5.02. The van der Waals surface area contributed by atoms with Gasteiger partial charge in [0.15, 0.2) is 0 Å². The van der Waals surface area contributed by atoms with Gasteiger partial charge in [0.05, 0.1) is 12.7 Å². The van der Waals surface area contributed by atoms with Crippen LogP contribution in [0.5, 0.6) is 0 Å². The van der Waals surface area contributed by atoms with Gasteiger partial charge >= 0.3 is 5.97 Å². The topological polar surface area (TPSA) is 26.3 Å². The minimum atomic E-state index is -0.314. The second kappa shape index (κ2) is 5.57. The average molecular weight is 208 g/mol. The Labute approximate surface area is 92.3 Å². The molecular weight excluding hydrogens is 188 g/mol. The van der Waals surface area contributed by atoms with Crippen molar-refractivity contribution in [3.05, 3.63) is 29.0 Å². The standard InChI is InChI=1S/C13H20O2/c1-7-8-10(2)9-11(12(14)15-6)13(3,4)5/h7-8H,1-6H3/b8-7+.